The molecule has 0 atom stereocenters. The fourth-order valence-corrected chi connectivity index (χ4v) is 2.88. The van der Waals surface area contributed by atoms with Crippen LogP contribution >= 0.6 is 0 Å². The summed E-state index contributed by atoms with van der Waals surface area (Å²) in [6.45, 7) is 10.6. The second-order valence-corrected chi connectivity index (χ2v) is 6.35. The molecule has 0 spiro atoms. The van der Waals surface area contributed by atoms with E-state index in [0.717, 1.165) is 28.6 Å². The van der Waals surface area contributed by atoms with Gasteiger partial charge in [0.1, 0.15) is 5.69 Å². The standard InChI is InChI=1S/C18H24N4O/c1-6-14-9-13(10-22(14)11(2)3)17-16-15(20-21-17)7-8-19-18(16)23-12(4)5/h7-12H,6H2,1-5H3,(H,20,21). The number of H-pyrrole nitrogens is 1. The van der Waals surface area contributed by atoms with E-state index in [0.29, 0.717) is 11.9 Å². The average molecular weight is 312 g/mol. The van der Waals surface area contributed by atoms with Crippen LogP contribution in [0.15, 0.2) is 24.5 Å². The number of aromatic amines is 1. The van der Waals surface area contributed by atoms with Crippen molar-refractivity contribution in [3.8, 4) is 17.1 Å². The molecule has 0 saturated carbocycles. The zero-order valence-electron chi connectivity index (χ0n) is 14.4. The van der Waals surface area contributed by atoms with E-state index in [1.54, 1.807) is 6.20 Å². The lowest BCUT2D eigenvalue weighted by atomic mass is 10.1. The van der Waals surface area contributed by atoms with Crippen molar-refractivity contribution < 1.29 is 4.74 Å². The first-order valence-electron chi connectivity index (χ1n) is 8.22. The number of aromatic nitrogens is 4. The summed E-state index contributed by atoms with van der Waals surface area (Å²) in [4.78, 5) is 4.40. The number of rotatable bonds is 5. The van der Waals surface area contributed by atoms with E-state index in [-0.39, 0.29) is 6.10 Å². The lowest BCUT2D eigenvalue weighted by Gasteiger charge is -2.11. The predicted octanol–water partition coefficient (Wildman–Crippen LogP) is 4.36. The van der Waals surface area contributed by atoms with Crippen LogP contribution < -0.4 is 4.74 Å². The minimum atomic E-state index is 0.0716. The van der Waals surface area contributed by atoms with Gasteiger partial charge in [-0.05, 0) is 46.2 Å². The van der Waals surface area contributed by atoms with Crippen LogP contribution in [0.25, 0.3) is 22.2 Å². The van der Waals surface area contributed by atoms with Crippen LogP contribution in [-0.4, -0.2) is 25.9 Å². The summed E-state index contributed by atoms with van der Waals surface area (Å²) >= 11 is 0. The molecule has 0 aliphatic rings. The van der Waals surface area contributed by atoms with E-state index >= 15 is 0 Å². The summed E-state index contributed by atoms with van der Waals surface area (Å²) in [5, 5.41) is 8.57. The van der Waals surface area contributed by atoms with Crippen LogP contribution in [0.5, 0.6) is 5.88 Å². The van der Waals surface area contributed by atoms with Gasteiger partial charge in [-0.2, -0.15) is 5.10 Å². The van der Waals surface area contributed by atoms with Crippen LogP contribution in [-0.2, 0) is 6.42 Å². The summed E-state index contributed by atoms with van der Waals surface area (Å²) in [5.41, 5.74) is 4.25. The van der Waals surface area contributed by atoms with Crippen molar-refractivity contribution in [1.29, 1.82) is 0 Å². The largest absolute Gasteiger partial charge is 0.474 e. The Balaban J connectivity index is 2.17. The van der Waals surface area contributed by atoms with Crippen molar-refractivity contribution >= 4 is 10.9 Å². The molecular formula is C18H24N4O. The van der Waals surface area contributed by atoms with E-state index in [1.807, 2.05) is 19.9 Å². The van der Waals surface area contributed by atoms with Gasteiger partial charge in [0, 0.05) is 29.7 Å². The average Bonchev–Trinajstić information content (AvgIpc) is 3.10. The molecule has 1 N–H and O–H groups in total. The van der Waals surface area contributed by atoms with Crippen LogP contribution in [0, 0.1) is 0 Å². The summed E-state index contributed by atoms with van der Waals surface area (Å²) in [7, 11) is 0. The van der Waals surface area contributed by atoms with Crippen molar-refractivity contribution in [3.63, 3.8) is 0 Å². The number of nitrogens with zero attached hydrogens (tertiary/aromatic N) is 3. The molecule has 0 fully saturated rings. The Bertz CT molecular complexity index is 814. The third kappa shape index (κ3) is 2.83. The van der Waals surface area contributed by atoms with Crippen LogP contribution in [0.4, 0.5) is 0 Å². The maximum absolute atomic E-state index is 5.88. The molecule has 3 aromatic rings. The fraction of sp³-hybridized carbons (Fsp3) is 0.444. The van der Waals surface area contributed by atoms with Crippen molar-refractivity contribution in [2.75, 3.05) is 0 Å². The molecule has 122 valence electrons. The quantitative estimate of drug-likeness (QED) is 0.761. The van der Waals surface area contributed by atoms with Crippen LogP contribution in [0.2, 0.25) is 0 Å². The normalized spacial score (nSPS) is 11.8. The highest BCUT2D eigenvalue weighted by Gasteiger charge is 2.18. The zero-order chi connectivity index (χ0) is 16.6. The SMILES string of the molecule is CCc1cc(-c2n[nH]c3ccnc(OC(C)C)c23)cn1C(C)C. The van der Waals surface area contributed by atoms with E-state index in [9.17, 15) is 0 Å². The fourth-order valence-electron chi connectivity index (χ4n) is 2.88. The Kier molecular flexibility index (Phi) is 4.11. The maximum Gasteiger partial charge on any atom is 0.225 e. The second kappa shape index (κ2) is 6.07. The smallest absolute Gasteiger partial charge is 0.225 e. The van der Waals surface area contributed by atoms with E-state index in [1.165, 1.54) is 5.69 Å². The number of pyridine rings is 1. The van der Waals surface area contributed by atoms with Crippen LogP contribution in [0.1, 0.15) is 46.4 Å². The van der Waals surface area contributed by atoms with E-state index in [2.05, 4.69) is 52.8 Å². The van der Waals surface area contributed by atoms with Gasteiger partial charge in [-0.15, -0.1) is 0 Å². The Morgan fingerprint density at radius 2 is 2.04 bits per heavy atom. The molecule has 0 aliphatic carbocycles. The first-order valence-corrected chi connectivity index (χ1v) is 8.22. The van der Waals surface area contributed by atoms with Gasteiger partial charge in [0.05, 0.1) is 17.0 Å². The van der Waals surface area contributed by atoms with Gasteiger partial charge in [-0.1, -0.05) is 6.92 Å². The molecule has 3 heterocycles. The Morgan fingerprint density at radius 1 is 1.26 bits per heavy atom. The van der Waals surface area contributed by atoms with Crippen molar-refractivity contribution in [1.82, 2.24) is 19.7 Å². The molecule has 0 saturated heterocycles. The molecule has 5 nitrogen and oxygen atoms in total. The molecular weight excluding hydrogens is 288 g/mol. The number of fused-ring (bicyclic) bond motifs is 1. The first kappa shape index (κ1) is 15.6. The van der Waals surface area contributed by atoms with Crippen molar-refractivity contribution in [2.45, 2.75) is 53.2 Å². The molecule has 0 bridgehead atoms. The third-order valence-corrected chi connectivity index (χ3v) is 3.91. The van der Waals surface area contributed by atoms with Gasteiger partial charge < -0.3 is 9.30 Å². The second-order valence-electron chi connectivity index (χ2n) is 6.35. The number of hydrogen-bond acceptors (Lipinski definition) is 3. The van der Waals surface area contributed by atoms with Gasteiger partial charge in [0.15, 0.2) is 0 Å². The third-order valence-electron chi connectivity index (χ3n) is 3.91. The molecule has 3 aromatic heterocycles. The van der Waals surface area contributed by atoms with Gasteiger partial charge in [-0.3, -0.25) is 5.10 Å². The highest BCUT2D eigenvalue weighted by atomic mass is 16.5. The molecule has 5 heteroatoms. The molecule has 0 aliphatic heterocycles. The minimum Gasteiger partial charge on any atom is -0.474 e. The van der Waals surface area contributed by atoms with Crippen molar-refractivity contribution in [2.24, 2.45) is 0 Å². The molecule has 3 rings (SSSR count). The molecule has 0 radical (unpaired) electrons. The lowest BCUT2D eigenvalue weighted by Crippen LogP contribution is -2.07. The lowest BCUT2D eigenvalue weighted by molar-refractivity contribution is 0.236. The highest BCUT2D eigenvalue weighted by Crippen LogP contribution is 2.34. The molecule has 0 aromatic carbocycles. The molecule has 0 unspecified atom stereocenters. The first-order chi connectivity index (χ1) is 11.0. The summed E-state index contributed by atoms with van der Waals surface area (Å²) < 4.78 is 8.18. The van der Waals surface area contributed by atoms with Gasteiger partial charge in [0.2, 0.25) is 5.88 Å². The zero-order valence-corrected chi connectivity index (χ0v) is 14.4. The molecule has 23 heavy (non-hydrogen) atoms. The summed E-state index contributed by atoms with van der Waals surface area (Å²) in [6, 6.07) is 4.56. The monoisotopic (exact) mass is 312 g/mol. The van der Waals surface area contributed by atoms with Crippen LogP contribution in [0.3, 0.4) is 0 Å². The van der Waals surface area contributed by atoms with Gasteiger partial charge in [-0.25, -0.2) is 4.98 Å². The summed E-state index contributed by atoms with van der Waals surface area (Å²) in [5.74, 6) is 0.636. The number of ether oxygens (including phenoxy) is 1. The Morgan fingerprint density at radius 3 is 2.65 bits per heavy atom. The van der Waals surface area contributed by atoms with Gasteiger partial charge >= 0.3 is 0 Å². The highest BCUT2D eigenvalue weighted by molar-refractivity contribution is 5.96. The maximum atomic E-state index is 5.88. The number of aryl methyl sites for hydroxylation is 1. The van der Waals surface area contributed by atoms with Crippen molar-refractivity contribution in [3.05, 3.63) is 30.2 Å². The predicted molar refractivity (Wildman–Crippen MR) is 92.8 cm³/mol. The summed E-state index contributed by atoms with van der Waals surface area (Å²) in [6.07, 6.45) is 4.99. The number of nitrogens with one attached hydrogen (secondary N) is 1. The molecule has 0 amide bonds. The van der Waals surface area contributed by atoms with Gasteiger partial charge in [0.25, 0.3) is 0 Å². The number of hydrogen-bond donors (Lipinski definition) is 1. The minimum absolute atomic E-state index is 0.0716. The topological polar surface area (TPSA) is 55.7 Å². The van der Waals surface area contributed by atoms with E-state index in [4.69, 9.17) is 4.74 Å². The van der Waals surface area contributed by atoms with E-state index < -0.39 is 0 Å². The Hall–Kier alpha value is -2.30. The Labute approximate surface area is 136 Å².